The second-order valence-corrected chi connectivity index (χ2v) is 10.6. The molecule has 7 nitrogen and oxygen atoms in total. The van der Waals surface area contributed by atoms with E-state index in [9.17, 15) is 10.1 Å². The summed E-state index contributed by atoms with van der Waals surface area (Å²) in [6, 6.07) is 6.76. The van der Waals surface area contributed by atoms with Crippen molar-refractivity contribution in [2.24, 2.45) is 11.3 Å². The quantitative estimate of drug-likeness (QED) is 0.615. The van der Waals surface area contributed by atoms with Crippen molar-refractivity contribution in [3.05, 3.63) is 53.4 Å². The number of nitrogens with one attached hydrogen (secondary N) is 1. The summed E-state index contributed by atoms with van der Waals surface area (Å²) in [5.41, 5.74) is 7.59. The number of H-pyrrole nitrogens is 1. The Balaban J connectivity index is 1.36. The predicted molar refractivity (Wildman–Crippen MR) is 129 cm³/mol. The fourth-order valence-corrected chi connectivity index (χ4v) is 6.74. The third-order valence-corrected chi connectivity index (χ3v) is 8.51. The zero-order chi connectivity index (χ0) is 23.2. The Hall–Kier alpha value is -3.66. The summed E-state index contributed by atoms with van der Waals surface area (Å²) >= 11 is 0. The molecular formula is C27H26N6O. The number of likely N-dealkylation sites (tertiary alicyclic amines) is 1. The Morgan fingerprint density at radius 3 is 2.97 bits per heavy atom. The molecule has 1 saturated carbocycles. The van der Waals surface area contributed by atoms with E-state index in [1.54, 1.807) is 0 Å². The number of anilines is 1. The Kier molecular flexibility index (Phi) is 3.89. The van der Waals surface area contributed by atoms with Gasteiger partial charge in [0, 0.05) is 48.2 Å². The molecule has 4 aliphatic rings. The van der Waals surface area contributed by atoms with Crippen molar-refractivity contribution < 1.29 is 4.79 Å². The zero-order valence-corrected chi connectivity index (χ0v) is 19.3. The number of hydrogen-bond donors (Lipinski definition) is 1. The van der Waals surface area contributed by atoms with Crippen molar-refractivity contribution in [2.45, 2.75) is 32.1 Å². The number of hydrogen-bond acceptors (Lipinski definition) is 5. The molecule has 1 aromatic carbocycles. The first-order valence-electron chi connectivity index (χ1n) is 12.1. The van der Waals surface area contributed by atoms with Crippen LogP contribution >= 0.6 is 0 Å². The van der Waals surface area contributed by atoms with Crippen molar-refractivity contribution in [1.29, 1.82) is 5.26 Å². The summed E-state index contributed by atoms with van der Waals surface area (Å²) in [5.74, 6) is 2.02. The highest BCUT2D eigenvalue weighted by atomic mass is 16.2. The lowest BCUT2D eigenvalue weighted by molar-refractivity contribution is -0.136. The Morgan fingerprint density at radius 2 is 2.18 bits per heavy atom. The van der Waals surface area contributed by atoms with Crippen molar-refractivity contribution in [3.63, 3.8) is 0 Å². The summed E-state index contributed by atoms with van der Waals surface area (Å²) in [5, 5.41) is 19.0. The predicted octanol–water partition coefficient (Wildman–Crippen LogP) is 3.69. The van der Waals surface area contributed by atoms with Gasteiger partial charge in [0.25, 0.3) is 0 Å². The van der Waals surface area contributed by atoms with Gasteiger partial charge in [-0.05, 0) is 66.9 Å². The maximum Gasteiger partial charge on any atom is 0.245 e. The molecule has 7 rings (SSSR count). The fraction of sp³-hybridized carbons (Fsp3) is 0.407. The van der Waals surface area contributed by atoms with E-state index in [1.165, 1.54) is 23.8 Å². The van der Waals surface area contributed by atoms with E-state index in [0.717, 1.165) is 72.4 Å². The second-order valence-electron chi connectivity index (χ2n) is 10.6. The minimum Gasteiger partial charge on any atom is -0.355 e. The molecule has 2 atom stereocenters. The van der Waals surface area contributed by atoms with Crippen molar-refractivity contribution in [3.8, 4) is 17.2 Å². The minimum absolute atomic E-state index is 0.00244. The van der Waals surface area contributed by atoms with Gasteiger partial charge >= 0.3 is 0 Å². The van der Waals surface area contributed by atoms with Crippen molar-refractivity contribution >= 4 is 22.6 Å². The van der Waals surface area contributed by atoms with Gasteiger partial charge in [0.15, 0.2) is 0 Å². The van der Waals surface area contributed by atoms with Crippen LogP contribution in [0.4, 0.5) is 5.82 Å². The van der Waals surface area contributed by atoms with E-state index in [0.29, 0.717) is 17.4 Å². The molecule has 0 unspecified atom stereocenters. The molecule has 0 bridgehead atoms. The van der Waals surface area contributed by atoms with Gasteiger partial charge in [0.1, 0.15) is 17.5 Å². The number of nitrogens with zero attached hydrogens (tertiary/aromatic N) is 5. The monoisotopic (exact) mass is 450 g/mol. The maximum absolute atomic E-state index is 12.0. The van der Waals surface area contributed by atoms with Gasteiger partial charge in [-0.25, -0.2) is 4.98 Å². The van der Waals surface area contributed by atoms with E-state index in [2.05, 4.69) is 46.8 Å². The van der Waals surface area contributed by atoms with Crippen molar-refractivity contribution in [1.82, 2.24) is 20.1 Å². The molecule has 2 aliphatic heterocycles. The molecule has 7 heteroatoms. The molecule has 2 saturated heterocycles. The molecule has 1 amide bonds. The van der Waals surface area contributed by atoms with E-state index in [-0.39, 0.29) is 11.3 Å². The van der Waals surface area contributed by atoms with Gasteiger partial charge in [0.05, 0.1) is 11.7 Å². The summed E-state index contributed by atoms with van der Waals surface area (Å²) in [6.07, 6.45) is 6.49. The molecule has 3 aromatic rings. The highest BCUT2D eigenvalue weighted by molar-refractivity contribution is 6.00. The number of benzene rings is 1. The lowest BCUT2D eigenvalue weighted by Crippen LogP contribution is -2.59. The minimum atomic E-state index is 0.00244. The number of aromatic amines is 1. The molecule has 4 heterocycles. The normalized spacial score (nSPS) is 23.5. The van der Waals surface area contributed by atoms with Crippen LogP contribution in [0.1, 0.15) is 41.1 Å². The van der Waals surface area contributed by atoms with Crippen LogP contribution in [0.15, 0.2) is 31.0 Å². The topological polar surface area (TPSA) is 88.9 Å². The molecule has 3 fully saturated rings. The van der Waals surface area contributed by atoms with Crippen LogP contribution in [0.5, 0.6) is 0 Å². The number of nitriles is 1. The van der Waals surface area contributed by atoms with E-state index >= 15 is 0 Å². The first-order chi connectivity index (χ1) is 16.5. The molecule has 34 heavy (non-hydrogen) atoms. The van der Waals surface area contributed by atoms with Gasteiger partial charge in [0.2, 0.25) is 5.91 Å². The van der Waals surface area contributed by atoms with Crippen LogP contribution in [-0.2, 0) is 11.2 Å². The number of aryl methyl sites for hydroxylation is 1. The standard InChI is InChI=1S/C27H26N6O/c1-3-22(34)33-13-27(14-33)6-7-32(12-27)26-18(10-28)25(24-17-8-16(17)9-21(24)30-26)23-15(2)4-5-20-19(23)11-29-31-20/h3-5,11,16-17H,1,6-9,12-14H2,2H3,(H,29,31)/t16-,17+/m1/s1. The average molecular weight is 451 g/mol. The van der Waals surface area contributed by atoms with Crippen LogP contribution in [0, 0.1) is 29.6 Å². The number of aromatic nitrogens is 3. The number of carbonyl (C=O) groups excluding carboxylic acids is 1. The first-order valence-corrected chi connectivity index (χ1v) is 12.1. The first kappa shape index (κ1) is 19.8. The van der Waals surface area contributed by atoms with Crippen LogP contribution < -0.4 is 4.90 Å². The molecule has 170 valence electrons. The van der Waals surface area contributed by atoms with Gasteiger partial charge in [-0.3, -0.25) is 9.89 Å². The van der Waals surface area contributed by atoms with Gasteiger partial charge in [-0.2, -0.15) is 10.4 Å². The van der Waals surface area contributed by atoms with E-state index in [4.69, 9.17) is 4.98 Å². The number of rotatable bonds is 3. The highest BCUT2D eigenvalue weighted by Crippen LogP contribution is 2.60. The number of carbonyl (C=O) groups is 1. The summed E-state index contributed by atoms with van der Waals surface area (Å²) in [7, 11) is 0. The van der Waals surface area contributed by atoms with E-state index in [1.807, 2.05) is 11.1 Å². The number of fused-ring (bicyclic) bond motifs is 4. The van der Waals surface area contributed by atoms with Crippen LogP contribution in [0.2, 0.25) is 0 Å². The van der Waals surface area contributed by atoms with Crippen LogP contribution in [0.25, 0.3) is 22.0 Å². The molecule has 1 spiro atoms. The molecule has 2 aliphatic carbocycles. The zero-order valence-electron chi connectivity index (χ0n) is 19.3. The highest BCUT2D eigenvalue weighted by Gasteiger charge is 2.51. The van der Waals surface area contributed by atoms with Gasteiger partial charge < -0.3 is 9.80 Å². The van der Waals surface area contributed by atoms with Crippen molar-refractivity contribution in [2.75, 3.05) is 31.1 Å². The smallest absolute Gasteiger partial charge is 0.245 e. The molecule has 0 radical (unpaired) electrons. The van der Waals surface area contributed by atoms with Crippen LogP contribution in [0.3, 0.4) is 0 Å². The van der Waals surface area contributed by atoms with E-state index < -0.39 is 0 Å². The summed E-state index contributed by atoms with van der Waals surface area (Å²) in [4.78, 5) is 21.3. The third kappa shape index (κ3) is 2.60. The summed E-state index contributed by atoms with van der Waals surface area (Å²) < 4.78 is 0. The Morgan fingerprint density at radius 1 is 1.32 bits per heavy atom. The molecule has 1 N–H and O–H groups in total. The lowest BCUT2D eigenvalue weighted by atomic mass is 9.79. The maximum atomic E-state index is 12.0. The van der Waals surface area contributed by atoms with Gasteiger partial charge in [-0.15, -0.1) is 0 Å². The Bertz CT molecular complexity index is 1440. The largest absolute Gasteiger partial charge is 0.355 e. The Labute approximate surface area is 198 Å². The SMILES string of the molecule is C=CC(=O)N1CC2(CCN(c3nc4c(c(-c5c(C)ccc6[nH]ncc56)c3C#N)[C@H]3C[C@@H]3C4)C2)C1. The summed E-state index contributed by atoms with van der Waals surface area (Å²) in [6.45, 7) is 8.94. The molecule has 2 aromatic heterocycles. The fourth-order valence-electron chi connectivity index (χ4n) is 6.74. The third-order valence-electron chi connectivity index (χ3n) is 8.51. The second kappa shape index (κ2) is 6.69. The average Bonchev–Trinajstić information content (AvgIpc) is 3.19. The lowest BCUT2D eigenvalue weighted by Gasteiger charge is -2.47. The molecular weight excluding hydrogens is 424 g/mol. The van der Waals surface area contributed by atoms with Crippen LogP contribution in [-0.4, -0.2) is 52.2 Å². The van der Waals surface area contributed by atoms with Gasteiger partial charge in [-0.1, -0.05) is 12.6 Å². The number of pyridine rings is 1. The number of amides is 1.